The fourth-order valence-electron chi connectivity index (χ4n) is 3.39. The molecule has 20 heavy (non-hydrogen) atoms. The summed E-state index contributed by atoms with van der Waals surface area (Å²) in [7, 11) is 0. The van der Waals surface area contributed by atoms with Gasteiger partial charge in [0.15, 0.2) is 0 Å². The molecule has 0 saturated carbocycles. The summed E-state index contributed by atoms with van der Waals surface area (Å²) in [6.45, 7) is 3.32. The minimum Gasteiger partial charge on any atom is -0.309 e. The molecule has 1 N–H and O–H groups in total. The third kappa shape index (κ3) is 2.64. The molecule has 2 aromatic rings. The fraction of sp³-hybridized carbons (Fsp3) is 0.368. The van der Waals surface area contributed by atoms with Crippen molar-refractivity contribution in [2.45, 2.75) is 38.1 Å². The summed E-state index contributed by atoms with van der Waals surface area (Å²) in [6, 6.07) is 20.3. The van der Waals surface area contributed by atoms with E-state index >= 15 is 0 Å². The average molecular weight is 265 g/mol. The molecule has 0 aliphatic heterocycles. The zero-order valence-corrected chi connectivity index (χ0v) is 12.2. The van der Waals surface area contributed by atoms with E-state index in [1.54, 1.807) is 5.56 Å². The Labute approximate surface area is 122 Å². The summed E-state index contributed by atoms with van der Waals surface area (Å²) in [6.07, 6.45) is 3.66. The standard InChI is InChI=1S/C19H23N/c1-2-14-20-19(16-9-4-3-5-10-16)18-13-12-15-8-6-7-11-17(15)18/h3-11,18-20H,2,12-14H2,1H3. The third-order valence-corrected chi connectivity index (χ3v) is 4.35. The Balaban J connectivity index is 1.91. The first-order valence-corrected chi connectivity index (χ1v) is 7.76. The maximum atomic E-state index is 3.77. The van der Waals surface area contributed by atoms with Gasteiger partial charge in [0, 0.05) is 12.0 Å². The van der Waals surface area contributed by atoms with Gasteiger partial charge in [0.05, 0.1) is 0 Å². The van der Waals surface area contributed by atoms with Gasteiger partial charge in [-0.2, -0.15) is 0 Å². The monoisotopic (exact) mass is 265 g/mol. The van der Waals surface area contributed by atoms with Crippen molar-refractivity contribution in [3.8, 4) is 0 Å². The normalized spacial score (nSPS) is 18.8. The first-order valence-electron chi connectivity index (χ1n) is 7.76. The van der Waals surface area contributed by atoms with Crippen LogP contribution in [0.4, 0.5) is 0 Å². The number of hydrogen-bond acceptors (Lipinski definition) is 1. The minimum atomic E-state index is 0.444. The lowest BCUT2D eigenvalue weighted by atomic mass is 9.88. The second-order valence-corrected chi connectivity index (χ2v) is 5.69. The average Bonchev–Trinajstić information content (AvgIpc) is 2.93. The molecule has 0 heterocycles. The van der Waals surface area contributed by atoms with Crippen LogP contribution in [0.3, 0.4) is 0 Å². The summed E-state index contributed by atoms with van der Waals surface area (Å²) in [5.74, 6) is 0.611. The van der Waals surface area contributed by atoms with Gasteiger partial charge in [0.25, 0.3) is 0 Å². The van der Waals surface area contributed by atoms with E-state index in [9.17, 15) is 0 Å². The third-order valence-electron chi connectivity index (χ3n) is 4.35. The van der Waals surface area contributed by atoms with Gasteiger partial charge in [-0.3, -0.25) is 0 Å². The summed E-state index contributed by atoms with van der Waals surface area (Å²) in [5, 5.41) is 3.77. The Hall–Kier alpha value is -1.60. The molecule has 1 nitrogen and oxygen atoms in total. The van der Waals surface area contributed by atoms with E-state index < -0.39 is 0 Å². The topological polar surface area (TPSA) is 12.0 Å². The fourth-order valence-corrected chi connectivity index (χ4v) is 3.39. The van der Waals surface area contributed by atoms with Crippen molar-refractivity contribution in [3.05, 3.63) is 71.3 Å². The van der Waals surface area contributed by atoms with Gasteiger partial charge < -0.3 is 5.32 Å². The molecule has 0 amide bonds. The van der Waals surface area contributed by atoms with E-state index in [-0.39, 0.29) is 0 Å². The molecular formula is C19H23N. The SMILES string of the molecule is CCCNC(c1ccccc1)C1CCc2ccccc21. The van der Waals surface area contributed by atoms with Crippen LogP contribution in [0, 0.1) is 0 Å². The Morgan fingerprint density at radius 1 is 1.05 bits per heavy atom. The molecule has 0 radical (unpaired) electrons. The van der Waals surface area contributed by atoms with Crippen LogP contribution in [-0.4, -0.2) is 6.54 Å². The molecule has 2 aromatic carbocycles. The molecule has 0 spiro atoms. The second kappa shape index (κ2) is 6.23. The van der Waals surface area contributed by atoms with Gasteiger partial charge in [0.1, 0.15) is 0 Å². The molecular weight excluding hydrogens is 242 g/mol. The molecule has 1 aliphatic carbocycles. The van der Waals surface area contributed by atoms with Gasteiger partial charge >= 0.3 is 0 Å². The Kier molecular flexibility index (Phi) is 4.17. The van der Waals surface area contributed by atoms with E-state index in [4.69, 9.17) is 0 Å². The van der Waals surface area contributed by atoms with Crippen LogP contribution in [-0.2, 0) is 6.42 Å². The van der Waals surface area contributed by atoms with Crippen LogP contribution in [0.25, 0.3) is 0 Å². The smallest absolute Gasteiger partial charge is 0.0389 e. The van der Waals surface area contributed by atoms with Crippen LogP contribution in [0.15, 0.2) is 54.6 Å². The molecule has 2 atom stereocenters. The number of fused-ring (bicyclic) bond motifs is 1. The molecule has 0 fully saturated rings. The van der Waals surface area contributed by atoms with Crippen molar-refractivity contribution < 1.29 is 0 Å². The van der Waals surface area contributed by atoms with Crippen molar-refractivity contribution in [3.63, 3.8) is 0 Å². The van der Waals surface area contributed by atoms with Gasteiger partial charge in [-0.25, -0.2) is 0 Å². The molecule has 2 unspecified atom stereocenters. The quantitative estimate of drug-likeness (QED) is 0.841. The van der Waals surface area contributed by atoms with Crippen LogP contribution in [0.1, 0.15) is 48.4 Å². The molecule has 1 heteroatoms. The van der Waals surface area contributed by atoms with Crippen molar-refractivity contribution in [1.82, 2.24) is 5.32 Å². The minimum absolute atomic E-state index is 0.444. The molecule has 3 rings (SSSR count). The lowest BCUT2D eigenvalue weighted by Gasteiger charge is -2.26. The second-order valence-electron chi connectivity index (χ2n) is 5.69. The van der Waals surface area contributed by atoms with Crippen molar-refractivity contribution >= 4 is 0 Å². The summed E-state index contributed by atoms with van der Waals surface area (Å²) >= 11 is 0. The summed E-state index contributed by atoms with van der Waals surface area (Å²) in [5.41, 5.74) is 4.50. The zero-order chi connectivity index (χ0) is 13.8. The van der Waals surface area contributed by atoms with Gasteiger partial charge in [0.2, 0.25) is 0 Å². The Bertz CT molecular complexity index is 547. The first kappa shape index (κ1) is 13.4. The zero-order valence-electron chi connectivity index (χ0n) is 12.2. The van der Waals surface area contributed by atoms with Crippen LogP contribution in [0.5, 0.6) is 0 Å². The van der Waals surface area contributed by atoms with Crippen molar-refractivity contribution in [2.75, 3.05) is 6.54 Å². The van der Waals surface area contributed by atoms with E-state index in [2.05, 4.69) is 66.8 Å². The van der Waals surface area contributed by atoms with E-state index in [0.29, 0.717) is 12.0 Å². The highest BCUT2D eigenvalue weighted by Gasteiger charge is 2.29. The summed E-state index contributed by atoms with van der Waals surface area (Å²) in [4.78, 5) is 0. The van der Waals surface area contributed by atoms with E-state index in [1.807, 2.05) is 0 Å². The highest BCUT2D eigenvalue weighted by atomic mass is 14.9. The number of rotatable bonds is 5. The largest absolute Gasteiger partial charge is 0.309 e. The lowest BCUT2D eigenvalue weighted by Crippen LogP contribution is -2.27. The number of nitrogens with one attached hydrogen (secondary N) is 1. The number of benzene rings is 2. The molecule has 0 bridgehead atoms. The van der Waals surface area contributed by atoms with Gasteiger partial charge in [-0.1, -0.05) is 61.5 Å². The highest BCUT2D eigenvalue weighted by molar-refractivity contribution is 5.38. The predicted molar refractivity (Wildman–Crippen MR) is 85.0 cm³/mol. The Morgan fingerprint density at radius 2 is 1.80 bits per heavy atom. The molecule has 1 aliphatic rings. The van der Waals surface area contributed by atoms with Crippen LogP contribution < -0.4 is 5.32 Å². The Morgan fingerprint density at radius 3 is 2.60 bits per heavy atom. The maximum absolute atomic E-state index is 3.77. The van der Waals surface area contributed by atoms with Crippen LogP contribution in [0.2, 0.25) is 0 Å². The van der Waals surface area contributed by atoms with Crippen LogP contribution >= 0.6 is 0 Å². The van der Waals surface area contributed by atoms with E-state index in [0.717, 1.165) is 6.54 Å². The first-order chi connectivity index (χ1) is 9.90. The van der Waals surface area contributed by atoms with E-state index in [1.165, 1.54) is 30.4 Å². The molecule has 0 aromatic heterocycles. The van der Waals surface area contributed by atoms with Gasteiger partial charge in [-0.15, -0.1) is 0 Å². The van der Waals surface area contributed by atoms with Gasteiger partial charge in [-0.05, 0) is 42.5 Å². The highest BCUT2D eigenvalue weighted by Crippen LogP contribution is 2.41. The van der Waals surface area contributed by atoms with Crippen molar-refractivity contribution in [2.24, 2.45) is 0 Å². The number of aryl methyl sites for hydroxylation is 1. The summed E-state index contributed by atoms with van der Waals surface area (Å²) < 4.78 is 0. The maximum Gasteiger partial charge on any atom is 0.0389 e. The lowest BCUT2D eigenvalue weighted by molar-refractivity contribution is 0.442. The number of hydrogen-bond donors (Lipinski definition) is 1. The molecule has 0 saturated heterocycles. The molecule has 104 valence electrons. The predicted octanol–water partition coefficient (Wildman–Crippen LogP) is 4.46. The van der Waals surface area contributed by atoms with Crippen molar-refractivity contribution in [1.29, 1.82) is 0 Å².